The van der Waals surface area contributed by atoms with Crippen LogP contribution in [0.25, 0.3) is 9.81 Å². The van der Waals surface area contributed by atoms with E-state index in [-0.39, 0.29) is 0 Å². The molecule has 0 atom stereocenters. The minimum absolute atomic E-state index is 1.01. The van der Waals surface area contributed by atoms with Crippen molar-refractivity contribution in [1.82, 2.24) is 0 Å². The van der Waals surface area contributed by atoms with Gasteiger partial charge in [-0.3, -0.25) is 0 Å². The zero-order chi connectivity index (χ0) is 16.2. The standard InChI is InChI=1S/C15H10S9/c1-3-7-12-10(5-1)9-11-6-2-4-8-13(11)15-14(12)16-18-20-22-24-23-21-19-17-15/h1-8H,9H2. The zero-order valence-corrected chi connectivity index (χ0v) is 19.3. The third kappa shape index (κ3) is 4.42. The summed E-state index contributed by atoms with van der Waals surface area (Å²) in [5.41, 5.74) is 5.64. The minimum atomic E-state index is 1.01. The maximum atomic E-state index is 2.28. The van der Waals surface area contributed by atoms with Gasteiger partial charge in [-0.2, -0.15) is 0 Å². The van der Waals surface area contributed by atoms with Crippen molar-refractivity contribution < 1.29 is 0 Å². The highest BCUT2D eigenvalue weighted by molar-refractivity contribution is 9.51. The zero-order valence-electron chi connectivity index (χ0n) is 12.0. The second kappa shape index (κ2) is 9.50. The van der Waals surface area contributed by atoms with Gasteiger partial charge in [-0.15, -0.1) is 0 Å². The Bertz CT molecular complexity index is 697. The van der Waals surface area contributed by atoms with Gasteiger partial charge < -0.3 is 0 Å². The molecule has 9 heteroatoms. The molecule has 1 aliphatic heterocycles. The van der Waals surface area contributed by atoms with Crippen LogP contribution in [0.3, 0.4) is 0 Å². The summed E-state index contributed by atoms with van der Waals surface area (Å²) in [7, 11) is 16.8. The summed E-state index contributed by atoms with van der Waals surface area (Å²) in [6.45, 7) is 0. The lowest BCUT2D eigenvalue weighted by Gasteiger charge is -2.13. The SMILES string of the molecule is c1ccc2c(c1)Cc1ccccc1C1=C2SSSSSSSSS1. The van der Waals surface area contributed by atoms with Gasteiger partial charge in [-0.05, 0) is 119 Å². The fraction of sp³-hybridized carbons (Fsp3) is 0.0667. The molecule has 0 amide bonds. The molecule has 0 radical (unpaired) electrons. The van der Waals surface area contributed by atoms with E-state index in [9.17, 15) is 0 Å². The van der Waals surface area contributed by atoms with Crippen molar-refractivity contribution in [3.63, 3.8) is 0 Å². The highest BCUT2D eigenvalue weighted by atomic mass is 34.0. The van der Waals surface area contributed by atoms with Crippen LogP contribution in [0.4, 0.5) is 0 Å². The molecule has 0 fully saturated rings. The average molecular weight is 479 g/mol. The summed E-state index contributed by atoms with van der Waals surface area (Å²) in [6, 6.07) is 17.8. The monoisotopic (exact) mass is 478 g/mol. The first-order valence-electron chi connectivity index (χ1n) is 6.85. The van der Waals surface area contributed by atoms with Crippen LogP contribution in [0.2, 0.25) is 0 Å². The van der Waals surface area contributed by atoms with E-state index in [1.54, 1.807) is 0 Å². The Kier molecular flexibility index (Phi) is 7.40. The summed E-state index contributed by atoms with van der Waals surface area (Å²) in [6.07, 6.45) is 1.01. The molecule has 2 aromatic carbocycles. The lowest BCUT2D eigenvalue weighted by atomic mass is 10.00. The Morgan fingerprint density at radius 3 is 1.42 bits per heavy atom. The molecule has 4 rings (SSSR count). The maximum absolute atomic E-state index is 2.28. The van der Waals surface area contributed by atoms with Gasteiger partial charge in [-0.1, -0.05) is 48.5 Å². The molecule has 2 aromatic rings. The molecule has 0 saturated heterocycles. The Labute approximate surface area is 175 Å². The molecule has 0 spiro atoms. The van der Waals surface area contributed by atoms with Crippen molar-refractivity contribution >= 4 is 100 Å². The molecule has 0 nitrogen and oxygen atoms in total. The molecule has 1 heterocycles. The molecule has 0 bridgehead atoms. The summed E-state index contributed by atoms with van der Waals surface area (Å²) >= 11 is 0. The molecular formula is C15H10S9. The Morgan fingerprint density at radius 2 is 0.917 bits per heavy atom. The number of hydrogen-bond donors (Lipinski definition) is 0. The number of benzene rings is 2. The van der Waals surface area contributed by atoms with Gasteiger partial charge in [0.1, 0.15) is 0 Å². The highest BCUT2D eigenvalue weighted by Crippen LogP contribution is 2.65. The predicted molar refractivity (Wildman–Crippen MR) is 131 cm³/mol. The van der Waals surface area contributed by atoms with Gasteiger partial charge in [0, 0.05) is 9.81 Å². The van der Waals surface area contributed by atoms with Crippen LogP contribution in [0.15, 0.2) is 48.5 Å². The van der Waals surface area contributed by atoms with Crippen molar-refractivity contribution in [3.05, 3.63) is 70.8 Å². The van der Waals surface area contributed by atoms with Gasteiger partial charge in [-0.25, -0.2) is 0 Å². The lowest BCUT2D eigenvalue weighted by molar-refractivity contribution is 1.18. The van der Waals surface area contributed by atoms with Crippen molar-refractivity contribution in [1.29, 1.82) is 0 Å². The van der Waals surface area contributed by atoms with Crippen LogP contribution in [-0.2, 0) is 6.42 Å². The maximum Gasteiger partial charge on any atom is 0.0417 e. The van der Waals surface area contributed by atoms with E-state index in [4.69, 9.17) is 0 Å². The van der Waals surface area contributed by atoms with E-state index < -0.39 is 0 Å². The van der Waals surface area contributed by atoms with Crippen molar-refractivity contribution in [3.8, 4) is 0 Å². The molecule has 0 aromatic heterocycles. The Morgan fingerprint density at radius 1 is 0.500 bits per heavy atom. The molecule has 2 aliphatic rings. The summed E-state index contributed by atoms with van der Waals surface area (Å²) in [4.78, 5) is 2.81. The Hall–Kier alpha value is 1.33. The summed E-state index contributed by atoms with van der Waals surface area (Å²) < 4.78 is 0. The van der Waals surface area contributed by atoms with Crippen LogP contribution >= 0.6 is 90.4 Å². The largest absolute Gasteiger partial charge is 0.0619 e. The topological polar surface area (TPSA) is 0 Å². The first kappa shape index (κ1) is 18.7. The first-order chi connectivity index (χ1) is 11.9. The second-order valence-corrected chi connectivity index (χ2v) is 19.3. The highest BCUT2D eigenvalue weighted by Gasteiger charge is 2.23. The molecule has 0 saturated carbocycles. The van der Waals surface area contributed by atoms with E-state index in [0.29, 0.717) is 0 Å². The molecule has 124 valence electrons. The van der Waals surface area contributed by atoms with Crippen LogP contribution < -0.4 is 0 Å². The van der Waals surface area contributed by atoms with Crippen LogP contribution in [-0.4, -0.2) is 0 Å². The third-order valence-electron chi connectivity index (χ3n) is 3.51. The quantitative estimate of drug-likeness (QED) is 0.336. The van der Waals surface area contributed by atoms with Crippen molar-refractivity contribution in [2.75, 3.05) is 0 Å². The first-order valence-corrected chi connectivity index (χ1v) is 18.3. The predicted octanol–water partition coefficient (Wildman–Crippen LogP) is 9.35. The molecule has 24 heavy (non-hydrogen) atoms. The van der Waals surface area contributed by atoms with Crippen molar-refractivity contribution in [2.24, 2.45) is 0 Å². The molecule has 1 aliphatic carbocycles. The number of fused-ring (bicyclic) bond motifs is 4. The van der Waals surface area contributed by atoms with E-state index in [2.05, 4.69) is 48.5 Å². The molecule has 0 N–H and O–H groups in total. The Balaban J connectivity index is 1.86. The number of rotatable bonds is 0. The van der Waals surface area contributed by atoms with Gasteiger partial charge >= 0.3 is 0 Å². The smallest absolute Gasteiger partial charge is 0.0417 e. The van der Waals surface area contributed by atoms with Crippen LogP contribution in [0.1, 0.15) is 22.3 Å². The normalized spacial score (nSPS) is 18.7. The summed E-state index contributed by atoms with van der Waals surface area (Å²) in [5, 5.41) is 0. The van der Waals surface area contributed by atoms with Gasteiger partial charge in [0.05, 0.1) is 0 Å². The third-order valence-corrected chi connectivity index (χ3v) is 20.9. The molecule has 0 unspecified atom stereocenters. The average Bonchev–Trinajstić information content (AvgIpc) is 2.78. The van der Waals surface area contributed by atoms with E-state index in [1.807, 2.05) is 90.4 Å². The van der Waals surface area contributed by atoms with E-state index >= 15 is 0 Å². The van der Waals surface area contributed by atoms with Crippen LogP contribution in [0.5, 0.6) is 0 Å². The fourth-order valence-electron chi connectivity index (χ4n) is 2.56. The fourth-order valence-corrected chi connectivity index (χ4v) is 22.8. The van der Waals surface area contributed by atoms with E-state index in [1.165, 1.54) is 32.1 Å². The van der Waals surface area contributed by atoms with Gasteiger partial charge in [0.2, 0.25) is 0 Å². The summed E-state index contributed by atoms with van der Waals surface area (Å²) in [5.74, 6) is 0. The van der Waals surface area contributed by atoms with Crippen LogP contribution in [0, 0.1) is 0 Å². The lowest BCUT2D eigenvalue weighted by Crippen LogP contribution is -1.92. The molecular weight excluding hydrogens is 469 g/mol. The minimum Gasteiger partial charge on any atom is -0.0619 e. The van der Waals surface area contributed by atoms with E-state index in [0.717, 1.165) is 6.42 Å². The van der Waals surface area contributed by atoms with Crippen molar-refractivity contribution in [2.45, 2.75) is 6.42 Å². The number of hydrogen-bond acceptors (Lipinski definition) is 9. The van der Waals surface area contributed by atoms with Gasteiger partial charge in [0.15, 0.2) is 0 Å². The van der Waals surface area contributed by atoms with Gasteiger partial charge in [0.25, 0.3) is 0 Å². The second-order valence-electron chi connectivity index (χ2n) is 4.79.